The molecule has 0 radical (unpaired) electrons. The largest absolute Gasteiger partial charge is 0.307 e. The van der Waals surface area contributed by atoms with Gasteiger partial charge in [0, 0.05) is 46.3 Å². The Balaban J connectivity index is 1.55. The summed E-state index contributed by atoms with van der Waals surface area (Å²) in [5.41, 5.74) is 6.54. The van der Waals surface area contributed by atoms with Crippen LogP contribution in [0.2, 0.25) is 0 Å². The fourth-order valence-electron chi connectivity index (χ4n) is 4.85. The van der Waals surface area contributed by atoms with Crippen molar-refractivity contribution < 1.29 is 0 Å². The molecule has 5 aromatic heterocycles. The summed E-state index contributed by atoms with van der Waals surface area (Å²) in [5.74, 6) is 0. The van der Waals surface area contributed by atoms with Gasteiger partial charge in [-0.1, -0.05) is 36.4 Å². The highest BCUT2D eigenvalue weighted by Crippen LogP contribution is 2.34. The summed E-state index contributed by atoms with van der Waals surface area (Å²) in [4.78, 5) is 13.4. The third-order valence-corrected chi connectivity index (χ3v) is 6.17. The van der Waals surface area contributed by atoms with E-state index in [2.05, 4.69) is 90.8 Å². The molecule has 0 aliphatic carbocycles. The number of aromatic nitrogens is 5. The zero-order valence-electron chi connectivity index (χ0n) is 17.1. The second-order valence-electron chi connectivity index (χ2n) is 7.89. The van der Waals surface area contributed by atoms with Gasteiger partial charge in [-0.3, -0.25) is 15.0 Å². The zero-order valence-corrected chi connectivity index (χ0v) is 17.1. The average molecular weight is 411 g/mol. The smallest absolute Gasteiger partial charge is 0.0666 e. The van der Waals surface area contributed by atoms with E-state index in [0.717, 1.165) is 44.2 Å². The molecule has 0 bridgehead atoms. The summed E-state index contributed by atoms with van der Waals surface area (Å²) in [5, 5.41) is 4.64. The van der Waals surface area contributed by atoms with Crippen molar-refractivity contribution in [3.8, 4) is 11.4 Å². The third-order valence-electron chi connectivity index (χ3n) is 6.17. The molecule has 0 N–H and O–H groups in total. The summed E-state index contributed by atoms with van der Waals surface area (Å²) in [6, 6.07) is 23.2. The van der Waals surface area contributed by atoms with Crippen LogP contribution in [0, 0.1) is 0 Å². The Morgan fingerprint density at radius 2 is 0.906 bits per heavy atom. The van der Waals surface area contributed by atoms with Crippen LogP contribution in [0.4, 0.5) is 0 Å². The predicted octanol–water partition coefficient (Wildman–Crippen LogP) is 6.07. The van der Waals surface area contributed by atoms with Gasteiger partial charge in [0.1, 0.15) is 0 Å². The molecule has 0 atom stereocenters. The first-order valence-corrected chi connectivity index (χ1v) is 10.5. The van der Waals surface area contributed by atoms with Crippen molar-refractivity contribution in [2.45, 2.75) is 0 Å². The van der Waals surface area contributed by atoms with Crippen molar-refractivity contribution >= 4 is 43.6 Å². The SMILES string of the molecule is c1ccc2c(c1)c1cnccc1n2-c1cncc(-n2c3ccccc3c3cnccc32)c1. The van der Waals surface area contributed by atoms with E-state index in [-0.39, 0.29) is 0 Å². The van der Waals surface area contributed by atoms with E-state index in [1.807, 2.05) is 37.2 Å². The van der Waals surface area contributed by atoms with Crippen molar-refractivity contribution in [2.75, 3.05) is 0 Å². The molecule has 7 rings (SSSR count). The highest BCUT2D eigenvalue weighted by atomic mass is 15.0. The van der Waals surface area contributed by atoms with E-state index in [1.165, 1.54) is 10.8 Å². The van der Waals surface area contributed by atoms with Gasteiger partial charge in [-0.15, -0.1) is 0 Å². The van der Waals surface area contributed by atoms with Crippen LogP contribution in [-0.4, -0.2) is 24.1 Å². The fraction of sp³-hybridized carbons (Fsp3) is 0. The molecule has 0 saturated carbocycles. The van der Waals surface area contributed by atoms with Gasteiger partial charge in [0.15, 0.2) is 0 Å². The standard InChI is InChI=1S/C27H17N5/c1-3-7-24-20(5-1)22-16-28-11-9-26(22)31(24)18-13-19(15-30-14-18)32-25-8-4-2-6-21(25)23-17-29-12-10-27(23)32/h1-17H. The van der Waals surface area contributed by atoms with Gasteiger partial charge in [-0.2, -0.15) is 0 Å². The monoisotopic (exact) mass is 411 g/mol. The zero-order chi connectivity index (χ0) is 21.1. The fourth-order valence-corrected chi connectivity index (χ4v) is 4.85. The average Bonchev–Trinajstić information content (AvgIpc) is 3.37. The Hall–Kier alpha value is -4.51. The third kappa shape index (κ3) is 2.30. The molecule has 0 aliphatic heterocycles. The maximum Gasteiger partial charge on any atom is 0.0666 e. The second-order valence-corrected chi connectivity index (χ2v) is 7.89. The quantitative estimate of drug-likeness (QED) is 0.347. The van der Waals surface area contributed by atoms with Gasteiger partial charge in [-0.05, 0) is 30.3 Å². The number of hydrogen-bond donors (Lipinski definition) is 0. The molecule has 0 fully saturated rings. The Morgan fingerprint density at radius 1 is 0.438 bits per heavy atom. The normalized spacial score (nSPS) is 11.8. The summed E-state index contributed by atoms with van der Waals surface area (Å²) >= 11 is 0. The lowest BCUT2D eigenvalue weighted by atomic mass is 10.2. The van der Waals surface area contributed by atoms with E-state index in [4.69, 9.17) is 0 Å². The molecule has 7 aromatic rings. The highest BCUT2D eigenvalue weighted by molar-refractivity contribution is 6.10. The Labute approximate surface area is 183 Å². The molecule has 5 nitrogen and oxygen atoms in total. The first kappa shape index (κ1) is 17.2. The van der Waals surface area contributed by atoms with Crippen LogP contribution in [0.5, 0.6) is 0 Å². The molecule has 0 unspecified atom stereocenters. The van der Waals surface area contributed by atoms with E-state index < -0.39 is 0 Å². The molecule has 0 saturated heterocycles. The molecule has 0 aliphatic rings. The molecular formula is C27H17N5. The Bertz CT molecular complexity index is 1560. The minimum atomic E-state index is 1.01. The maximum absolute atomic E-state index is 4.65. The molecule has 0 amide bonds. The van der Waals surface area contributed by atoms with Crippen LogP contribution >= 0.6 is 0 Å². The highest BCUT2D eigenvalue weighted by Gasteiger charge is 2.15. The number of rotatable bonds is 2. The van der Waals surface area contributed by atoms with Gasteiger partial charge in [-0.25, -0.2) is 0 Å². The molecule has 5 heteroatoms. The molecule has 5 heterocycles. The maximum atomic E-state index is 4.65. The van der Waals surface area contributed by atoms with Crippen LogP contribution in [0.1, 0.15) is 0 Å². The van der Waals surface area contributed by atoms with Gasteiger partial charge in [0.25, 0.3) is 0 Å². The first-order valence-electron chi connectivity index (χ1n) is 10.5. The van der Waals surface area contributed by atoms with Gasteiger partial charge in [0.2, 0.25) is 0 Å². The lowest BCUT2D eigenvalue weighted by Gasteiger charge is -2.12. The van der Waals surface area contributed by atoms with Crippen molar-refractivity contribution in [1.29, 1.82) is 0 Å². The number of hydrogen-bond acceptors (Lipinski definition) is 3. The number of para-hydroxylation sites is 2. The van der Waals surface area contributed by atoms with Crippen LogP contribution in [0.25, 0.3) is 55.0 Å². The van der Waals surface area contributed by atoms with Crippen LogP contribution in [0.15, 0.2) is 104 Å². The lowest BCUT2D eigenvalue weighted by Crippen LogP contribution is -2.00. The van der Waals surface area contributed by atoms with Crippen molar-refractivity contribution in [1.82, 2.24) is 24.1 Å². The molecule has 32 heavy (non-hydrogen) atoms. The van der Waals surface area contributed by atoms with Gasteiger partial charge in [0.05, 0.1) is 45.8 Å². The van der Waals surface area contributed by atoms with E-state index in [0.29, 0.717) is 0 Å². The Kier molecular flexibility index (Phi) is 3.49. The molecule has 150 valence electrons. The predicted molar refractivity (Wildman–Crippen MR) is 129 cm³/mol. The van der Waals surface area contributed by atoms with Crippen molar-refractivity contribution in [3.05, 3.63) is 104 Å². The van der Waals surface area contributed by atoms with Crippen LogP contribution in [-0.2, 0) is 0 Å². The summed E-state index contributed by atoms with van der Waals surface area (Å²) in [6.45, 7) is 0. The number of pyridine rings is 3. The van der Waals surface area contributed by atoms with Crippen LogP contribution in [0.3, 0.4) is 0 Å². The first-order chi connectivity index (χ1) is 15.9. The molecule has 0 spiro atoms. The van der Waals surface area contributed by atoms with Gasteiger partial charge >= 0.3 is 0 Å². The van der Waals surface area contributed by atoms with E-state index >= 15 is 0 Å². The lowest BCUT2D eigenvalue weighted by molar-refractivity contribution is 1.09. The Morgan fingerprint density at radius 3 is 1.44 bits per heavy atom. The minimum absolute atomic E-state index is 1.01. The second kappa shape index (κ2) is 6.49. The summed E-state index contributed by atoms with van der Waals surface area (Å²) < 4.78 is 4.52. The number of benzene rings is 2. The van der Waals surface area contributed by atoms with E-state index in [1.54, 1.807) is 0 Å². The van der Waals surface area contributed by atoms with Crippen molar-refractivity contribution in [3.63, 3.8) is 0 Å². The topological polar surface area (TPSA) is 48.5 Å². The molecule has 2 aromatic carbocycles. The van der Waals surface area contributed by atoms with E-state index in [9.17, 15) is 0 Å². The number of nitrogens with zero attached hydrogens (tertiary/aromatic N) is 5. The van der Waals surface area contributed by atoms with Gasteiger partial charge < -0.3 is 9.13 Å². The van der Waals surface area contributed by atoms with Crippen molar-refractivity contribution in [2.24, 2.45) is 0 Å². The molecular weight excluding hydrogens is 394 g/mol. The van der Waals surface area contributed by atoms with Crippen LogP contribution < -0.4 is 0 Å². The summed E-state index contributed by atoms with van der Waals surface area (Å²) in [6.07, 6.45) is 11.4. The minimum Gasteiger partial charge on any atom is -0.307 e. The summed E-state index contributed by atoms with van der Waals surface area (Å²) in [7, 11) is 0. The number of fused-ring (bicyclic) bond motifs is 6.